The zero-order valence-electron chi connectivity index (χ0n) is 21.3. The third kappa shape index (κ3) is 4.20. The quantitative estimate of drug-likeness (QED) is 0.436. The molecule has 190 valence electrons. The number of carbonyl (C=O) groups is 2. The zero-order chi connectivity index (χ0) is 25.6. The summed E-state index contributed by atoms with van der Waals surface area (Å²) in [4.78, 5) is 28.8. The number of rotatable bonds is 6. The number of morpholine rings is 1. The van der Waals surface area contributed by atoms with E-state index < -0.39 is 5.54 Å². The van der Waals surface area contributed by atoms with E-state index in [4.69, 9.17) is 19.3 Å². The first kappa shape index (κ1) is 24.5. The molecule has 2 aliphatic rings. The number of carbonyl (C=O) groups excluding carboxylic acids is 2. The number of hydrogen-bond donors (Lipinski definition) is 0. The standard InChI is InChI=1S/C27H31N3O5S/c1-16(2)10-21(31)18-11-19-23(12-22(18)33-5)35-13-20-24(26(32)29-7-8-34-15-27(29,3)4)28-30(25(19)20)17-6-9-36-14-17/h6,9,11-12,14,16H,7-8,10,13,15H2,1-5H3. The van der Waals surface area contributed by atoms with Gasteiger partial charge in [-0.05, 0) is 37.3 Å². The Morgan fingerprint density at radius 2 is 2.08 bits per heavy atom. The van der Waals surface area contributed by atoms with E-state index in [1.165, 1.54) is 0 Å². The fourth-order valence-corrected chi connectivity index (χ4v) is 5.46. The topological polar surface area (TPSA) is 82.9 Å². The molecule has 0 atom stereocenters. The second-order valence-corrected chi connectivity index (χ2v) is 11.0. The molecule has 2 aliphatic heterocycles. The highest BCUT2D eigenvalue weighted by atomic mass is 32.1. The molecule has 0 unspecified atom stereocenters. The third-order valence-electron chi connectivity index (χ3n) is 6.65. The summed E-state index contributed by atoms with van der Waals surface area (Å²) in [6.45, 7) is 9.67. The minimum Gasteiger partial charge on any atom is -0.496 e. The van der Waals surface area contributed by atoms with Crippen LogP contribution in [-0.2, 0) is 11.3 Å². The molecule has 1 amide bonds. The smallest absolute Gasteiger partial charge is 0.275 e. The lowest BCUT2D eigenvalue weighted by Gasteiger charge is -2.41. The molecule has 0 N–H and O–H groups in total. The first-order valence-corrected chi connectivity index (χ1v) is 13.1. The van der Waals surface area contributed by atoms with Crippen LogP contribution in [0.25, 0.3) is 16.9 Å². The van der Waals surface area contributed by atoms with Gasteiger partial charge in [0.1, 0.15) is 18.1 Å². The number of ether oxygens (including phenoxy) is 3. The molecule has 3 aromatic rings. The van der Waals surface area contributed by atoms with Gasteiger partial charge in [0.2, 0.25) is 0 Å². The minimum atomic E-state index is -0.453. The van der Waals surface area contributed by atoms with E-state index in [2.05, 4.69) is 0 Å². The van der Waals surface area contributed by atoms with Crippen LogP contribution in [-0.4, -0.2) is 58.8 Å². The molecule has 5 rings (SSSR count). The lowest BCUT2D eigenvalue weighted by atomic mass is 9.94. The first-order chi connectivity index (χ1) is 17.2. The number of methoxy groups -OCH3 is 1. The molecule has 0 spiro atoms. The molecule has 4 heterocycles. The maximum absolute atomic E-state index is 13.8. The van der Waals surface area contributed by atoms with E-state index in [9.17, 15) is 9.59 Å². The second kappa shape index (κ2) is 9.37. The van der Waals surface area contributed by atoms with Crippen molar-refractivity contribution in [3.8, 4) is 28.4 Å². The summed E-state index contributed by atoms with van der Waals surface area (Å²) in [7, 11) is 1.55. The Kier molecular flexibility index (Phi) is 6.38. The molecule has 0 radical (unpaired) electrons. The molecular formula is C27H31N3O5S. The van der Waals surface area contributed by atoms with E-state index in [0.717, 1.165) is 16.9 Å². The summed E-state index contributed by atoms with van der Waals surface area (Å²) < 4.78 is 19.1. The van der Waals surface area contributed by atoms with Crippen LogP contribution in [0.4, 0.5) is 0 Å². The zero-order valence-corrected chi connectivity index (χ0v) is 22.1. The van der Waals surface area contributed by atoms with Gasteiger partial charge in [0.05, 0.1) is 42.8 Å². The van der Waals surface area contributed by atoms with E-state index in [1.807, 2.05) is 55.5 Å². The summed E-state index contributed by atoms with van der Waals surface area (Å²) in [5.74, 6) is 1.15. The number of aromatic nitrogens is 2. The highest BCUT2D eigenvalue weighted by molar-refractivity contribution is 7.08. The van der Waals surface area contributed by atoms with Crippen LogP contribution < -0.4 is 9.47 Å². The Balaban J connectivity index is 1.69. The Hall–Kier alpha value is -3.17. The van der Waals surface area contributed by atoms with Crippen LogP contribution in [0.15, 0.2) is 29.0 Å². The van der Waals surface area contributed by atoms with E-state index in [-0.39, 0.29) is 24.2 Å². The molecule has 0 saturated carbocycles. The molecule has 1 fully saturated rings. The molecule has 1 aromatic carbocycles. The maximum Gasteiger partial charge on any atom is 0.275 e. The van der Waals surface area contributed by atoms with Gasteiger partial charge in [-0.25, -0.2) is 4.68 Å². The van der Waals surface area contributed by atoms with Crippen molar-refractivity contribution in [1.82, 2.24) is 14.7 Å². The predicted molar refractivity (Wildman–Crippen MR) is 137 cm³/mol. The molecule has 0 aliphatic carbocycles. The van der Waals surface area contributed by atoms with Crippen LogP contribution in [0.1, 0.15) is 60.5 Å². The Morgan fingerprint density at radius 3 is 2.75 bits per heavy atom. The van der Waals surface area contributed by atoms with Crippen LogP contribution in [0.5, 0.6) is 11.5 Å². The number of hydrogen-bond acceptors (Lipinski definition) is 7. The van der Waals surface area contributed by atoms with Gasteiger partial charge < -0.3 is 19.1 Å². The van der Waals surface area contributed by atoms with Crippen molar-refractivity contribution in [2.75, 3.05) is 26.9 Å². The van der Waals surface area contributed by atoms with Gasteiger partial charge >= 0.3 is 0 Å². The summed E-state index contributed by atoms with van der Waals surface area (Å²) in [6.07, 6.45) is 0.405. The summed E-state index contributed by atoms with van der Waals surface area (Å²) in [5, 5.41) is 8.80. The van der Waals surface area contributed by atoms with Gasteiger partial charge in [-0.1, -0.05) is 13.8 Å². The molecular weight excluding hydrogens is 478 g/mol. The molecule has 9 heteroatoms. The number of Topliss-reactive ketones (excluding diaryl/α,β-unsaturated/α-hetero) is 1. The minimum absolute atomic E-state index is 0.00439. The van der Waals surface area contributed by atoms with Gasteiger partial charge in [0, 0.05) is 35.5 Å². The van der Waals surface area contributed by atoms with Crippen LogP contribution in [0, 0.1) is 5.92 Å². The van der Waals surface area contributed by atoms with E-state index in [0.29, 0.717) is 54.5 Å². The third-order valence-corrected chi connectivity index (χ3v) is 7.32. The summed E-state index contributed by atoms with van der Waals surface area (Å²) in [6, 6.07) is 5.56. The number of amides is 1. The Bertz CT molecular complexity index is 1310. The van der Waals surface area contributed by atoms with Crippen molar-refractivity contribution < 1.29 is 23.8 Å². The second-order valence-electron chi connectivity index (χ2n) is 10.2. The molecule has 0 bridgehead atoms. The van der Waals surface area contributed by atoms with E-state index in [1.54, 1.807) is 29.2 Å². The molecule has 2 aromatic heterocycles. The number of benzene rings is 1. The fourth-order valence-electron chi connectivity index (χ4n) is 4.85. The predicted octanol–water partition coefficient (Wildman–Crippen LogP) is 4.98. The lowest BCUT2D eigenvalue weighted by molar-refractivity contribution is -0.0374. The van der Waals surface area contributed by atoms with Crippen molar-refractivity contribution in [2.45, 2.75) is 46.3 Å². The van der Waals surface area contributed by atoms with Gasteiger partial charge in [0.15, 0.2) is 11.5 Å². The van der Waals surface area contributed by atoms with Crippen LogP contribution in [0.3, 0.4) is 0 Å². The highest BCUT2D eigenvalue weighted by Crippen LogP contribution is 2.44. The average Bonchev–Trinajstić information content (AvgIpc) is 3.50. The van der Waals surface area contributed by atoms with Gasteiger partial charge in [0.25, 0.3) is 5.91 Å². The van der Waals surface area contributed by atoms with Crippen molar-refractivity contribution >= 4 is 23.0 Å². The number of thiophene rings is 1. The lowest BCUT2D eigenvalue weighted by Crippen LogP contribution is -2.55. The van der Waals surface area contributed by atoms with Gasteiger partial charge in [-0.3, -0.25) is 9.59 Å². The Morgan fingerprint density at radius 1 is 1.28 bits per heavy atom. The highest BCUT2D eigenvalue weighted by Gasteiger charge is 2.39. The van der Waals surface area contributed by atoms with E-state index >= 15 is 0 Å². The SMILES string of the molecule is COc1cc2c(cc1C(=O)CC(C)C)-c1c(c(C(=O)N3CCOCC3(C)C)nn1-c1ccsc1)CO2. The van der Waals surface area contributed by atoms with Crippen molar-refractivity contribution in [1.29, 1.82) is 0 Å². The number of fused-ring (bicyclic) bond motifs is 3. The summed E-state index contributed by atoms with van der Waals surface area (Å²) >= 11 is 1.55. The molecule has 1 saturated heterocycles. The number of ketones is 1. The van der Waals surface area contributed by atoms with Gasteiger partial charge in [-0.2, -0.15) is 16.4 Å². The van der Waals surface area contributed by atoms with Crippen molar-refractivity contribution in [3.05, 3.63) is 45.8 Å². The fraction of sp³-hybridized carbons (Fsp3) is 0.444. The average molecular weight is 510 g/mol. The summed E-state index contributed by atoms with van der Waals surface area (Å²) in [5.41, 5.74) is 3.48. The number of nitrogens with zero attached hydrogens (tertiary/aromatic N) is 3. The maximum atomic E-state index is 13.8. The van der Waals surface area contributed by atoms with Crippen molar-refractivity contribution in [2.24, 2.45) is 5.92 Å². The molecule has 36 heavy (non-hydrogen) atoms. The van der Waals surface area contributed by atoms with Gasteiger partial charge in [-0.15, -0.1) is 0 Å². The van der Waals surface area contributed by atoms with Crippen LogP contribution in [0.2, 0.25) is 0 Å². The molecule has 8 nitrogen and oxygen atoms in total. The Labute approximate surface area is 214 Å². The van der Waals surface area contributed by atoms with Crippen LogP contribution >= 0.6 is 11.3 Å². The monoisotopic (exact) mass is 509 g/mol. The first-order valence-electron chi connectivity index (χ1n) is 12.1. The normalized spacial score (nSPS) is 16.3. The largest absolute Gasteiger partial charge is 0.496 e. The van der Waals surface area contributed by atoms with Crippen molar-refractivity contribution in [3.63, 3.8) is 0 Å².